The van der Waals surface area contributed by atoms with Gasteiger partial charge in [-0.1, -0.05) is 54.3 Å². The molecule has 1 aliphatic heterocycles. The molecule has 0 fully saturated rings. The molecule has 2 aliphatic carbocycles. The first kappa shape index (κ1) is 17.4. The highest BCUT2D eigenvalue weighted by Gasteiger charge is 2.45. The van der Waals surface area contributed by atoms with E-state index >= 15 is 0 Å². The highest BCUT2D eigenvalue weighted by molar-refractivity contribution is 6.21. The van der Waals surface area contributed by atoms with E-state index in [1.165, 1.54) is 4.90 Å². The fourth-order valence-corrected chi connectivity index (χ4v) is 4.05. The summed E-state index contributed by atoms with van der Waals surface area (Å²) in [5, 5.41) is 0. The topological polar surface area (TPSA) is 46.6 Å². The lowest BCUT2D eigenvalue weighted by atomic mass is 9.87. The number of rotatable bonds is 2. The Hall–Kier alpha value is -3.68. The zero-order valence-electron chi connectivity index (χ0n) is 15.8. The number of fused-ring (bicyclic) bond motifs is 4. The summed E-state index contributed by atoms with van der Waals surface area (Å²) in [6.45, 7) is 0. The standard InChI is InChI=1S/C25H17NO3/c1-29-23-19-12-10-18(11-13-19)22(23)26-24(27)20-14-9-17(15-21(20)25(26)28)8-7-16-5-3-2-4-6-16/h2-6,9-15,22-23H,1H3. The first-order valence-corrected chi connectivity index (χ1v) is 9.39. The maximum absolute atomic E-state index is 13.2. The van der Waals surface area contributed by atoms with Crippen LogP contribution in [0.15, 0.2) is 72.8 Å². The number of amides is 2. The van der Waals surface area contributed by atoms with E-state index in [1.54, 1.807) is 25.3 Å². The number of imide groups is 1. The van der Waals surface area contributed by atoms with Gasteiger partial charge in [-0.2, -0.15) is 0 Å². The Labute approximate surface area is 168 Å². The number of hydrogen-bond donors (Lipinski definition) is 0. The van der Waals surface area contributed by atoms with E-state index < -0.39 is 6.04 Å². The molecule has 0 saturated heterocycles. The van der Waals surface area contributed by atoms with Crippen LogP contribution < -0.4 is 0 Å². The van der Waals surface area contributed by atoms with Crippen molar-refractivity contribution in [1.82, 2.24) is 4.90 Å². The molecule has 4 nitrogen and oxygen atoms in total. The molecule has 4 heteroatoms. The number of carbonyl (C=O) groups is 2. The molecule has 0 N–H and O–H groups in total. The zero-order chi connectivity index (χ0) is 20.0. The van der Waals surface area contributed by atoms with Gasteiger partial charge in [0, 0.05) is 18.2 Å². The largest absolute Gasteiger partial charge is 0.374 e. The summed E-state index contributed by atoms with van der Waals surface area (Å²) < 4.78 is 5.63. The van der Waals surface area contributed by atoms with Crippen LogP contribution in [0.5, 0.6) is 0 Å². The van der Waals surface area contributed by atoms with Gasteiger partial charge in [0.1, 0.15) is 6.10 Å². The average Bonchev–Trinajstić information content (AvgIpc) is 3.02. The van der Waals surface area contributed by atoms with Crippen molar-refractivity contribution in [3.63, 3.8) is 0 Å². The normalized spacial score (nSPS) is 19.1. The number of methoxy groups -OCH3 is 1. The molecule has 2 unspecified atom stereocenters. The maximum atomic E-state index is 13.2. The van der Waals surface area contributed by atoms with Crippen LogP contribution in [0.2, 0.25) is 0 Å². The quantitative estimate of drug-likeness (QED) is 0.497. The molecule has 2 atom stereocenters. The van der Waals surface area contributed by atoms with E-state index in [4.69, 9.17) is 4.74 Å². The van der Waals surface area contributed by atoms with E-state index in [0.717, 1.165) is 16.7 Å². The summed E-state index contributed by atoms with van der Waals surface area (Å²) in [7, 11) is 1.60. The van der Waals surface area contributed by atoms with Crippen molar-refractivity contribution in [3.05, 3.63) is 106 Å². The summed E-state index contributed by atoms with van der Waals surface area (Å²) in [5.41, 5.74) is 4.25. The summed E-state index contributed by atoms with van der Waals surface area (Å²) in [6, 6.07) is 22.2. The van der Waals surface area contributed by atoms with Crippen molar-refractivity contribution in [3.8, 4) is 11.8 Å². The van der Waals surface area contributed by atoms with Gasteiger partial charge < -0.3 is 4.74 Å². The molecule has 2 amide bonds. The second-order valence-electron chi connectivity index (χ2n) is 7.12. The number of carbonyl (C=O) groups excluding carboxylic acids is 2. The number of ether oxygens (including phenoxy) is 1. The van der Waals surface area contributed by atoms with Crippen molar-refractivity contribution in [2.75, 3.05) is 7.11 Å². The van der Waals surface area contributed by atoms with Crippen molar-refractivity contribution in [2.24, 2.45) is 0 Å². The predicted octanol–water partition coefficient (Wildman–Crippen LogP) is 4.12. The van der Waals surface area contributed by atoms with Crippen molar-refractivity contribution < 1.29 is 14.3 Å². The molecule has 1 heterocycles. The van der Waals surface area contributed by atoms with Crippen LogP contribution in [-0.4, -0.2) is 23.8 Å². The third-order valence-corrected chi connectivity index (χ3v) is 5.47. The Morgan fingerprint density at radius 3 is 2.14 bits per heavy atom. The van der Waals surface area contributed by atoms with Gasteiger partial charge >= 0.3 is 0 Å². The van der Waals surface area contributed by atoms with Gasteiger partial charge in [0.2, 0.25) is 0 Å². The highest BCUT2D eigenvalue weighted by Crippen LogP contribution is 2.44. The van der Waals surface area contributed by atoms with Gasteiger partial charge in [-0.15, -0.1) is 0 Å². The minimum Gasteiger partial charge on any atom is -0.374 e. The molecule has 0 radical (unpaired) electrons. The van der Waals surface area contributed by atoms with Gasteiger partial charge in [-0.3, -0.25) is 14.5 Å². The Balaban J connectivity index is 1.50. The molecule has 2 bridgehead atoms. The van der Waals surface area contributed by atoms with Crippen LogP contribution >= 0.6 is 0 Å². The van der Waals surface area contributed by atoms with E-state index in [9.17, 15) is 9.59 Å². The lowest BCUT2D eigenvalue weighted by Gasteiger charge is -2.36. The Morgan fingerprint density at radius 2 is 1.41 bits per heavy atom. The molecule has 6 rings (SSSR count). The summed E-state index contributed by atoms with van der Waals surface area (Å²) >= 11 is 0. The van der Waals surface area contributed by atoms with E-state index in [-0.39, 0.29) is 17.9 Å². The molecular weight excluding hydrogens is 362 g/mol. The Kier molecular flexibility index (Phi) is 4.04. The summed E-state index contributed by atoms with van der Waals surface area (Å²) in [6.07, 6.45) is -0.348. The molecule has 29 heavy (non-hydrogen) atoms. The molecule has 3 aromatic rings. The molecular formula is C25H17NO3. The first-order chi connectivity index (χ1) is 14.2. The molecule has 0 saturated carbocycles. The maximum Gasteiger partial charge on any atom is 0.262 e. The number of nitrogens with zero attached hydrogens (tertiary/aromatic N) is 1. The number of benzene rings is 3. The molecule has 3 aromatic carbocycles. The van der Waals surface area contributed by atoms with Gasteiger partial charge in [-0.25, -0.2) is 0 Å². The van der Waals surface area contributed by atoms with Crippen molar-refractivity contribution in [1.29, 1.82) is 0 Å². The Morgan fingerprint density at radius 1 is 0.759 bits per heavy atom. The lowest BCUT2D eigenvalue weighted by molar-refractivity contribution is 0.0126. The van der Waals surface area contributed by atoms with Crippen LogP contribution in [0.1, 0.15) is 55.1 Å². The van der Waals surface area contributed by atoms with Gasteiger partial charge in [0.05, 0.1) is 17.2 Å². The van der Waals surface area contributed by atoms with Crippen LogP contribution in [0.3, 0.4) is 0 Å². The van der Waals surface area contributed by atoms with Crippen LogP contribution in [-0.2, 0) is 4.74 Å². The molecule has 0 aromatic heterocycles. The van der Waals surface area contributed by atoms with Gasteiger partial charge in [0.15, 0.2) is 0 Å². The first-order valence-electron chi connectivity index (χ1n) is 9.39. The molecule has 0 spiro atoms. The summed E-state index contributed by atoms with van der Waals surface area (Å²) in [4.78, 5) is 27.6. The minimum absolute atomic E-state index is 0.290. The SMILES string of the molecule is COC1c2ccc(cc2)C1N1C(=O)c2ccc(C#Cc3ccccc3)cc2C1=O. The third kappa shape index (κ3) is 2.75. The lowest BCUT2D eigenvalue weighted by Crippen LogP contribution is -2.39. The van der Waals surface area contributed by atoms with E-state index in [1.807, 2.05) is 54.6 Å². The second-order valence-corrected chi connectivity index (χ2v) is 7.12. The molecule has 3 aliphatic rings. The minimum atomic E-state index is -0.448. The van der Waals surface area contributed by atoms with Crippen molar-refractivity contribution >= 4 is 11.8 Å². The van der Waals surface area contributed by atoms with Crippen molar-refractivity contribution in [2.45, 2.75) is 12.1 Å². The molecule has 140 valence electrons. The third-order valence-electron chi connectivity index (χ3n) is 5.47. The monoisotopic (exact) mass is 379 g/mol. The van der Waals surface area contributed by atoms with E-state index in [0.29, 0.717) is 16.7 Å². The van der Waals surface area contributed by atoms with Gasteiger partial charge in [-0.05, 0) is 41.5 Å². The fraction of sp³-hybridized carbons (Fsp3) is 0.120. The Bertz CT molecular complexity index is 1190. The smallest absolute Gasteiger partial charge is 0.262 e. The second kappa shape index (κ2) is 6.73. The number of hydrogen-bond acceptors (Lipinski definition) is 3. The average molecular weight is 379 g/mol. The highest BCUT2D eigenvalue weighted by atomic mass is 16.5. The predicted molar refractivity (Wildman–Crippen MR) is 108 cm³/mol. The van der Waals surface area contributed by atoms with Crippen LogP contribution in [0.25, 0.3) is 0 Å². The van der Waals surface area contributed by atoms with E-state index in [2.05, 4.69) is 11.8 Å². The fourth-order valence-electron chi connectivity index (χ4n) is 4.05. The van der Waals surface area contributed by atoms with Crippen LogP contribution in [0, 0.1) is 11.8 Å². The van der Waals surface area contributed by atoms with Gasteiger partial charge in [0.25, 0.3) is 11.8 Å². The summed E-state index contributed by atoms with van der Waals surface area (Å²) in [5.74, 6) is 5.57. The van der Waals surface area contributed by atoms with Crippen LogP contribution in [0.4, 0.5) is 0 Å². The zero-order valence-corrected chi connectivity index (χ0v) is 15.8.